The minimum atomic E-state index is -1.29. The van der Waals surface area contributed by atoms with Crippen molar-refractivity contribution < 1.29 is 32.2 Å². The van der Waals surface area contributed by atoms with Crippen LogP contribution in [-0.4, -0.2) is 25.5 Å². The summed E-state index contributed by atoms with van der Waals surface area (Å²) >= 11 is 0. The fourth-order valence-electron chi connectivity index (χ4n) is 2.86. The van der Waals surface area contributed by atoms with Gasteiger partial charge in [0.1, 0.15) is 18.2 Å². The maximum atomic E-state index is 13.6. The van der Waals surface area contributed by atoms with Crippen molar-refractivity contribution in [3.63, 3.8) is 0 Å². The number of halogens is 3. The lowest BCUT2D eigenvalue weighted by Gasteiger charge is -2.17. The van der Waals surface area contributed by atoms with Crippen LogP contribution in [0.25, 0.3) is 0 Å². The van der Waals surface area contributed by atoms with Gasteiger partial charge in [-0.25, -0.2) is 13.2 Å². The number of hydrogen-bond acceptors (Lipinski definition) is 4. The number of hydrogen-bond donors (Lipinski definition) is 0. The number of rotatable bonds is 5. The van der Waals surface area contributed by atoms with Crippen molar-refractivity contribution in [1.82, 2.24) is 0 Å². The van der Waals surface area contributed by atoms with Crippen molar-refractivity contribution in [2.75, 3.05) is 18.6 Å². The molecule has 27 heavy (non-hydrogen) atoms. The molecule has 142 valence electrons. The zero-order chi connectivity index (χ0) is 19.6. The van der Waals surface area contributed by atoms with Gasteiger partial charge >= 0.3 is 5.97 Å². The number of methoxy groups -OCH3 is 1. The minimum Gasteiger partial charge on any atom is -0.489 e. The molecule has 0 saturated carbocycles. The van der Waals surface area contributed by atoms with E-state index in [4.69, 9.17) is 4.74 Å². The Kier molecular flexibility index (Phi) is 5.34. The fourth-order valence-corrected chi connectivity index (χ4v) is 2.86. The molecule has 1 fully saturated rings. The van der Waals surface area contributed by atoms with Crippen LogP contribution < -0.4 is 9.64 Å². The molecule has 1 aliphatic rings. The van der Waals surface area contributed by atoms with E-state index in [1.807, 2.05) is 0 Å². The molecule has 3 rings (SSSR count). The third-order valence-electron chi connectivity index (χ3n) is 4.33. The van der Waals surface area contributed by atoms with Crippen LogP contribution in [0, 0.1) is 23.4 Å². The highest BCUT2D eigenvalue weighted by Gasteiger charge is 2.35. The Morgan fingerprint density at radius 1 is 1.11 bits per heavy atom. The van der Waals surface area contributed by atoms with Crippen LogP contribution in [-0.2, 0) is 20.9 Å². The lowest BCUT2D eigenvalue weighted by molar-refractivity contribution is -0.145. The molecule has 8 heteroatoms. The molecule has 1 atom stereocenters. The van der Waals surface area contributed by atoms with Crippen molar-refractivity contribution in [3.8, 4) is 5.75 Å². The number of anilines is 1. The smallest absolute Gasteiger partial charge is 0.311 e. The first-order valence-electron chi connectivity index (χ1n) is 8.14. The second-order valence-electron chi connectivity index (χ2n) is 6.03. The van der Waals surface area contributed by atoms with Gasteiger partial charge in [-0.15, -0.1) is 0 Å². The predicted molar refractivity (Wildman–Crippen MR) is 89.6 cm³/mol. The van der Waals surface area contributed by atoms with E-state index in [0.717, 1.165) is 6.07 Å². The normalized spacial score (nSPS) is 16.5. The van der Waals surface area contributed by atoms with E-state index in [1.54, 1.807) is 12.1 Å². The largest absolute Gasteiger partial charge is 0.489 e. The van der Waals surface area contributed by atoms with Gasteiger partial charge in [0.15, 0.2) is 11.6 Å². The lowest BCUT2D eigenvalue weighted by atomic mass is 10.1. The van der Waals surface area contributed by atoms with Crippen molar-refractivity contribution >= 4 is 17.6 Å². The quantitative estimate of drug-likeness (QED) is 0.591. The highest BCUT2D eigenvalue weighted by molar-refractivity contribution is 5.99. The van der Waals surface area contributed by atoms with Gasteiger partial charge < -0.3 is 14.4 Å². The standard InChI is InChI=1S/C19H16F3NO4/c1-26-19(25)11-8-17(24)23(9-11)12-2-4-13(5-3-12)27-10-14-15(20)6-7-16(21)18(14)22/h2-7,11H,8-10H2,1H3/t11-/m0/s1. The maximum absolute atomic E-state index is 13.6. The first-order valence-corrected chi connectivity index (χ1v) is 8.14. The molecule has 2 aromatic rings. The maximum Gasteiger partial charge on any atom is 0.311 e. The molecule has 0 spiro atoms. The number of ether oxygens (including phenoxy) is 2. The zero-order valence-corrected chi connectivity index (χ0v) is 14.4. The van der Waals surface area contributed by atoms with Gasteiger partial charge in [0.05, 0.1) is 18.6 Å². The summed E-state index contributed by atoms with van der Waals surface area (Å²) < 4.78 is 50.4. The lowest BCUT2D eigenvalue weighted by Crippen LogP contribution is -2.26. The Morgan fingerprint density at radius 2 is 1.78 bits per heavy atom. The van der Waals surface area contributed by atoms with Crippen molar-refractivity contribution in [2.45, 2.75) is 13.0 Å². The van der Waals surface area contributed by atoms with Crippen LogP contribution in [0.4, 0.5) is 18.9 Å². The summed E-state index contributed by atoms with van der Waals surface area (Å²) in [6.07, 6.45) is 0.0725. The van der Waals surface area contributed by atoms with Crippen molar-refractivity contribution in [2.24, 2.45) is 5.92 Å². The van der Waals surface area contributed by atoms with Gasteiger partial charge in [0, 0.05) is 18.7 Å². The minimum absolute atomic E-state index is 0.0725. The van der Waals surface area contributed by atoms with Crippen molar-refractivity contribution in [1.29, 1.82) is 0 Å². The summed E-state index contributed by atoms with van der Waals surface area (Å²) in [6, 6.07) is 7.75. The van der Waals surface area contributed by atoms with Gasteiger partial charge in [0.25, 0.3) is 0 Å². The molecule has 1 amide bonds. The van der Waals surface area contributed by atoms with Crippen LogP contribution in [0.2, 0.25) is 0 Å². The highest BCUT2D eigenvalue weighted by Crippen LogP contribution is 2.28. The van der Waals surface area contributed by atoms with Gasteiger partial charge in [-0.05, 0) is 36.4 Å². The van der Waals surface area contributed by atoms with E-state index >= 15 is 0 Å². The van der Waals surface area contributed by atoms with Crippen LogP contribution in [0.5, 0.6) is 5.75 Å². The first kappa shape index (κ1) is 18.8. The molecular formula is C19H16F3NO4. The summed E-state index contributed by atoms with van der Waals surface area (Å²) in [5, 5.41) is 0. The summed E-state index contributed by atoms with van der Waals surface area (Å²) in [7, 11) is 1.27. The zero-order valence-electron chi connectivity index (χ0n) is 14.4. The number of nitrogens with zero attached hydrogens (tertiary/aromatic N) is 1. The van der Waals surface area contributed by atoms with Crippen LogP contribution in [0.1, 0.15) is 12.0 Å². The Hall–Kier alpha value is -3.03. The first-order chi connectivity index (χ1) is 12.9. The van der Waals surface area contributed by atoms with Crippen LogP contribution >= 0.6 is 0 Å². The van der Waals surface area contributed by atoms with Crippen molar-refractivity contribution in [3.05, 3.63) is 59.4 Å². The van der Waals surface area contributed by atoms with E-state index in [1.165, 1.54) is 24.1 Å². The summed E-state index contributed by atoms with van der Waals surface area (Å²) in [5.41, 5.74) is 0.0524. The molecule has 0 aliphatic carbocycles. The van der Waals surface area contributed by atoms with E-state index in [9.17, 15) is 22.8 Å². The second-order valence-corrected chi connectivity index (χ2v) is 6.03. The number of esters is 1. The Labute approximate surface area is 153 Å². The Morgan fingerprint density at radius 3 is 2.44 bits per heavy atom. The molecule has 1 heterocycles. The third kappa shape index (κ3) is 3.89. The number of carbonyl (C=O) groups is 2. The summed E-state index contributed by atoms with van der Waals surface area (Å²) in [5.74, 6) is -4.22. The van der Waals surface area contributed by atoms with Gasteiger partial charge in [0.2, 0.25) is 5.91 Å². The summed E-state index contributed by atoms with van der Waals surface area (Å²) in [4.78, 5) is 25.1. The molecule has 1 aliphatic heterocycles. The van der Waals surface area contributed by atoms with Gasteiger partial charge in [-0.3, -0.25) is 9.59 Å². The SMILES string of the molecule is COC(=O)[C@H]1CC(=O)N(c2ccc(OCc3c(F)ccc(F)c3F)cc2)C1. The van der Waals surface area contributed by atoms with Crippen LogP contribution in [0.15, 0.2) is 36.4 Å². The Bertz CT molecular complexity index is 870. The molecule has 2 aromatic carbocycles. The predicted octanol–water partition coefficient (Wildman–Crippen LogP) is 3.21. The third-order valence-corrected chi connectivity index (χ3v) is 4.33. The molecule has 0 aromatic heterocycles. The molecule has 0 bridgehead atoms. The molecule has 5 nitrogen and oxygen atoms in total. The second kappa shape index (κ2) is 7.69. The molecular weight excluding hydrogens is 363 g/mol. The number of carbonyl (C=O) groups excluding carboxylic acids is 2. The highest BCUT2D eigenvalue weighted by atomic mass is 19.2. The monoisotopic (exact) mass is 379 g/mol. The number of benzene rings is 2. The topological polar surface area (TPSA) is 55.8 Å². The van der Waals surface area contributed by atoms with E-state index in [2.05, 4.69) is 4.74 Å². The van der Waals surface area contributed by atoms with Gasteiger partial charge in [-0.2, -0.15) is 0 Å². The average Bonchev–Trinajstić information content (AvgIpc) is 3.06. The van der Waals surface area contributed by atoms with Gasteiger partial charge in [-0.1, -0.05) is 0 Å². The average molecular weight is 379 g/mol. The van der Waals surface area contributed by atoms with E-state index in [0.29, 0.717) is 11.8 Å². The van der Waals surface area contributed by atoms with E-state index < -0.39 is 41.5 Å². The molecule has 0 N–H and O–H groups in total. The molecule has 0 unspecified atom stereocenters. The van der Waals surface area contributed by atoms with E-state index in [-0.39, 0.29) is 24.6 Å². The molecule has 1 saturated heterocycles. The summed E-state index contributed by atoms with van der Waals surface area (Å²) in [6.45, 7) is -0.271. The van der Waals surface area contributed by atoms with Crippen LogP contribution in [0.3, 0.4) is 0 Å². The molecule has 0 radical (unpaired) electrons. The number of amides is 1. The Balaban J connectivity index is 1.67. The fraction of sp³-hybridized carbons (Fsp3) is 0.263.